The van der Waals surface area contributed by atoms with Gasteiger partial charge in [0.2, 0.25) is 0 Å². The molecule has 0 bridgehead atoms. The molecule has 0 amide bonds. The Morgan fingerprint density at radius 1 is 1.25 bits per heavy atom. The van der Waals surface area contributed by atoms with Gasteiger partial charge in [0.1, 0.15) is 0 Å². The molecule has 1 N–H and O–H groups in total. The third-order valence-electron chi connectivity index (χ3n) is 4.45. The van der Waals surface area contributed by atoms with Gasteiger partial charge in [0.15, 0.2) is 0 Å². The van der Waals surface area contributed by atoms with Crippen molar-refractivity contribution in [2.75, 3.05) is 26.7 Å². The van der Waals surface area contributed by atoms with Crippen molar-refractivity contribution in [1.29, 1.82) is 0 Å². The van der Waals surface area contributed by atoms with Crippen molar-refractivity contribution in [3.8, 4) is 0 Å². The van der Waals surface area contributed by atoms with Crippen LogP contribution in [0.15, 0.2) is 30.3 Å². The Balaban J connectivity index is 2.14. The van der Waals surface area contributed by atoms with E-state index in [1.54, 1.807) is 0 Å². The third-order valence-corrected chi connectivity index (χ3v) is 4.45. The highest BCUT2D eigenvalue weighted by Gasteiger charge is 2.30. The molecule has 3 unspecified atom stereocenters. The van der Waals surface area contributed by atoms with Gasteiger partial charge in [-0.15, -0.1) is 0 Å². The maximum atomic E-state index is 10.8. The largest absolute Gasteiger partial charge is 0.387 e. The average Bonchev–Trinajstić information content (AvgIpc) is 2.62. The van der Waals surface area contributed by atoms with Gasteiger partial charge in [0.25, 0.3) is 0 Å². The van der Waals surface area contributed by atoms with E-state index in [1.807, 2.05) is 30.3 Å². The van der Waals surface area contributed by atoms with Gasteiger partial charge >= 0.3 is 0 Å². The average molecular weight is 276 g/mol. The normalized spacial score (nSPS) is 25.1. The van der Waals surface area contributed by atoms with Gasteiger partial charge in [-0.1, -0.05) is 37.3 Å². The highest BCUT2D eigenvalue weighted by molar-refractivity contribution is 5.19. The van der Waals surface area contributed by atoms with Gasteiger partial charge in [0.05, 0.1) is 6.10 Å². The second-order valence-electron chi connectivity index (χ2n) is 6.03. The van der Waals surface area contributed by atoms with Crippen molar-refractivity contribution in [1.82, 2.24) is 9.80 Å². The van der Waals surface area contributed by atoms with E-state index in [-0.39, 0.29) is 6.04 Å². The third kappa shape index (κ3) is 3.60. The molecular formula is C17H28N2O. The number of hydrogen-bond donors (Lipinski definition) is 1. The lowest BCUT2D eigenvalue weighted by Gasteiger charge is -2.38. The minimum Gasteiger partial charge on any atom is -0.387 e. The molecule has 2 rings (SSSR count). The number of benzene rings is 1. The molecule has 0 aliphatic carbocycles. The number of rotatable bonds is 4. The Labute approximate surface area is 123 Å². The maximum absolute atomic E-state index is 10.8. The van der Waals surface area contributed by atoms with Crippen LogP contribution in [-0.4, -0.2) is 53.7 Å². The summed E-state index contributed by atoms with van der Waals surface area (Å²) in [5.74, 6) is 0. The van der Waals surface area contributed by atoms with Crippen LogP contribution in [0.25, 0.3) is 0 Å². The van der Waals surface area contributed by atoms with E-state index < -0.39 is 6.10 Å². The Morgan fingerprint density at radius 3 is 2.60 bits per heavy atom. The van der Waals surface area contributed by atoms with Crippen LogP contribution < -0.4 is 0 Å². The van der Waals surface area contributed by atoms with Crippen LogP contribution in [0, 0.1) is 0 Å². The molecule has 1 aromatic rings. The number of likely N-dealkylation sites (N-methyl/N-ethyl adjacent to an activating group) is 1. The van der Waals surface area contributed by atoms with Crippen LogP contribution in [-0.2, 0) is 0 Å². The Kier molecular flexibility index (Phi) is 5.58. The van der Waals surface area contributed by atoms with Crippen LogP contribution >= 0.6 is 0 Å². The highest BCUT2D eigenvalue weighted by Crippen LogP contribution is 2.26. The first-order valence-corrected chi connectivity index (χ1v) is 7.80. The van der Waals surface area contributed by atoms with Gasteiger partial charge < -0.3 is 10.0 Å². The Bertz CT molecular complexity index is 395. The second-order valence-corrected chi connectivity index (χ2v) is 6.03. The molecule has 1 aliphatic heterocycles. The SMILES string of the molecule is CCC(C(O)c1ccccc1)N1CCCN(C)CC1C. The number of aliphatic hydroxyl groups is 1. The minimum atomic E-state index is -0.396. The van der Waals surface area contributed by atoms with Crippen molar-refractivity contribution in [2.45, 2.75) is 44.9 Å². The van der Waals surface area contributed by atoms with Gasteiger partial charge in [-0.05, 0) is 38.9 Å². The van der Waals surface area contributed by atoms with E-state index in [9.17, 15) is 5.11 Å². The monoisotopic (exact) mass is 276 g/mol. The van der Waals surface area contributed by atoms with E-state index in [4.69, 9.17) is 0 Å². The summed E-state index contributed by atoms with van der Waals surface area (Å²) in [4.78, 5) is 4.90. The number of nitrogens with zero attached hydrogens (tertiary/aromatic N) is 2. The van der Waals surface area contributed by atoms with Crippen LogP contribution in [0.1, 0.15) is 38.4 Å². The first-order valence-electron chi connectivity index (χ1n) is 7.80. The zero-order valence-electron chi connectivity index (χ0n) is 13.0. The summed E-state index contributed by atoms with van der Waals surface area (Å²) in [6.45, 7) is 7.77. The molecule has 3 heteroatoms. The maximum Gasteiger partial charge on any atom is 0.0945 e. The van der Waals surface area contributed by atoms with Crippen LogP contribution in [0.4, 0.5) is 0 Å². The molecule has 0 aromatic heterocycles. The predicted molar refractivity (Wildman–Crippen MR) is 83.8 cm³/mol. The summed E-state index contributed by atoms with van der Waals surface area (Å²) in [7, 11) is 2.19. The molecule has 1 aromatic carbocycles. The van der Waals surface area contributed by atoms with E-state index in [2.05, 4.69) is 30.7 Å². The zero-order valence-corrected chi connectivity index (χ0v) is 13.0. The first kappa shape index (κ1) is 15.5. The van der Waals surface area contributed by atoms with Crippen molar-refractivity contribution < 1.29 is 5.11 Å². The lowest BCUT2D eigenvalue weighted by atomic mass is 9.97. The van der Waals surface area contributed by atoms with Crippen molar-refractivity contribution in [3.63, 3.8) is 0 Å². The molecular weight excluding hydrogens is 248 g/mol. The highest BCUT2D eigenvalue weighted by atomic mass is 16.3. The quantitative estimate of drug-likeness (QED) is 0.915. The Hall–Kier alpha value is -0.900. The van der Waals surface area contributed by atoms with E-state index in [0.29, 0.717) is 6.04 Å². The lowest BCUT2D eigenvalue weighted by Crippen LogP contribution is -2.47. The molecule has 20 heavy (non-hydrogen) atoms. The van der Waals surface area contributed by atoms with Crippen LogP contribution in [0.3, 0.4) is 0 Å². The molecule has 3 atom stereocenters. The van der Waals surface area contributed by atoms with Crippen molar-refractivity contribution in [3.05, 3.63) is 35.9 Å². The summed E-state index contributed by atoms with van der Waals surface area (Å²) in [5.41, 5.74) is 1.03. The molecule has 3 nitrogen and oxygen atoms in total. The number of hydrogen-bond acceptors (Lipinski definition) is 3. The van der Waals surface area contributed by atoms with E-state index in [1.165, 1.54) is 6.42 Å². The smallest absolute Gasteiger partial charge is 0.0945 e. The molecule has 1 fully saturated rings. The zero-order chi connectivity index (χ0) is 14.5. The summed E-state index contributed by atoms with van der Waals surface area (Å²) in [6, 6.07) is 10.8. The molecule has 0 spiro atoms. The summed E-state index contributed by atoms with van der Waals surface area (Å²) < 4.78 is 0. The summed E-state index contributed by atoms with van der Waals surface area (Å²) in [6.07, 6.45) is 1.76. The molecule has 0 saturated carbocycles. The topological polar surface area (TPSA) is 26.7 Å². The standard InChI is InChI=1S/C17H28N2O/c1-4-16(17(20)15-9-6-5-7-10-15)19-12-8-11-18(3)13-14(19)2/h5-7,9-10,14,16-17,20H,4,8,11-13H2,1-3H3. The van der Waals surface area contributed by atoms with Crippen LogP contribution in [0.2, 0.25) is 0 Å². The Morgan fingerprint density at radius 2 is 1.95 bits per heavy atom. The molecule has 1 aliphatic rings. The van der Waals surface area contributed by atoms with Crippen molar-refractivity contribution in [2.24, 2.45) is 0 Å². The van der Waals surface area contributed by atoms with Gasteiger partial charge in [-0.2, -0.15) is 0 Å². The minimum absolute atomic E-state index is 0.207. The molecule has 0 radical (unpaired) electrons. The predicted octanol–water partition coefficient (Wildman–Crippen LogP) is 2.52. The van der Waals surface area contributed by atoms with E-state index in [0.717, 1.165) is 31.6 Å². The summed E-state index contributed by atoms with van der Waals surface area (Å²) in [5, 5.41) is 10.8. The number of aliphatic hydroxyl groups excluding tert-OH is 1. The molecule has 1 saturated heterocycles. The van der Waals surface area contributed by atoms with Gasteiger partial charge in [0, 0.05) is 25.2 Å². The van der Waals surface area contributed by atoms with Gasteiger partial charge in [-0.25, -0.2) is 0 Å². The van der Waals surface area contributed by atoms with E-state index >= 15 is 0 Å². The fourth-order valence-corrected chi connectivity index (χ4v) is 3.40. The first-order chi connectivity index (χ1) is 9.63. The summed E-state index contributed by atoms with van der Waals surface area (Å²) >= 11 is 0. The van der Waals surface area contributed by atoms with Gasteiger partial charge in [-0.3, -0.25) is 4.90 Å². The molecule has 1 heterocycles. The second kappa shape index (κ2) is 7.21. The van der Waals surface area contributed by atoms with Crippen molar-refractivity contribution >= 4 is 0 Å². The lowest BCUT2D eigenvalue weighted by molar-refractivity contribution is 0.0258. The molecule has 112 valence electrons. The van der Waals surface area contributed by atoms with Crippen LogP contribution in [0.5, 0.6) is 0 Å². The fraction of sp³-hybridized carbons (Fsp3) is 0.647. The fourth-order valence-electron chi connectivity index (χ4n) is 3.40.